The van der Waals surface area contributed by atoms with E-state index in [1.807, 2.05) is 0 Å². The summed E-state index contributed by atoms with van der Waals surface area (Å²) in [4.78, 5) is 0. The maximum absolute atomic E-state index is 8.95. The Hall–Kier alpha value is -0.0800. The zero-order chi connectivity index (χ0) is 7.14. The Morgan fingerprint density at radius 2 is 1.30 bits per heavy atom. The van der Waals surface area contributed by atoms with Crippen LogP contribution in [0.5, 0.6) is 0 Å². The minimum atomic E-state index is 0.284. The third-order valence-corrected chi connectivity index (χ3v) is 3.39. The number of aliphatic hydroxyl groups excluding tert-OH is 2. The molecule has 3 fully saturated rings. The third-order valence-electron chi connectivity index (χ3n) is 3.39. The van der Waals surface area contributed by atoms with Crippen molar-refractivity contribution in [1.29, 1.82) is 0 Å². The van der Waals surface area contributed by atoms with Crippen LogP contribution in [0.1, 0.15) is 12.8 Å². The van der Waals surface area contributed by atoms with Crippen LogP contribution in [-0.4, -0.2) is 23.4 Å². The van der Waals surface area contributed by atoms with Gasteiger partial charge in [-0.3, -0.25) is 0 Å². The largest absolute Gasteiger partial charge is 0.396 e. The molecule has 10 heavy (non-hydrogen) atoms. The number of hydrogen-bond donors (Lipinski definition) is 2. The molecular formula is C8H14O2. The molecule has 3 aliphatic carbocycles. The molecule has 0 aromatic carbocycles. The number of rotatable bonds is 2. The fourth-order valence-electron chi connectivity index (χ4n) is 2.68. The Bertz CT molecular complexity index is 115. The lowest BCUT2D eigenvalue weighted by Crippen LogP contribution is -2.16. The van der Waals surface area contributed by atoms with Gasteiger partial charge in [0.15, 0.2) is 0 Å². The first kappa shape index (κ1) is 6.62. The zero-order valence-corrected chi connectivity index (χ0v) is 6.03. The summed E-state index contributed by atoms with van der Waals surface area (Å²) in [6.07, 6.45) is 2.52. The van der Waals surface area contributed by atoms with Crippen LogP contribution in [-0.2, 0) is 0 Å². The highest BCUT2D eigenvalue weighted by Gasteiger charge is 2.50. The fourth-order valence-corrected chi connectivity index (χ4v) is 2.68. The highest BCUT2D eigenvalue weighted by atomic mass is 16.3. The predicted molar refractivity (Wildman–Crippen MR) is 37.4 cm³/mol. The lowest BCUT2D eigenvalue weighted by Gasteiger charge is -2.24. The lowest BCUT2D eigenvalue weighted by atomic mass is 9.82. The van der Waals surface area contributed by atoms with E-state index in [2.05, 4.69) is 0 Å². The van der Waals surface area contributed by atoms with Crippen LogP contribution in [0.3, 0.4) is 0 Å². The molecule has 0 amide bonds. The average molecular weight is 142 g/mol. The van der Waals surface area contributed by atoms with Crippen LogP contribution in [0.25, 0.3) is 0 Å². The second kappa shape index (κ2) is 2.21. The summed E-state index contributed by atoms with van der Waals surface area (Å²) in [5.74, 6) is 2.34. The van der Waals surface area contributed by atoms with Crippen molar-refractivity contribution in [3.63, 3.8) is 0 Å². The smallest absolute Gasteiger partial charge is 0.0465 e. The number of fused-ring (bicyclic) bond motifs is 1. The maximum Gasteiger partial charge on any atom is 0.0465 e. The Morgan fingerprint density at radius 3 is 1.60 bits per heavy atom. The molecule has 2 atom stereocenters. The van der Waals surface area contributed by atoms with E-state index in [1.54, 1.807) is 0 Å². The van der Waals surface area contributed by atoms with Gasteiger partial charge in [0, 0.05) is 13.2 Å². The van der Waals surface area contributed by atoms with Gasteiger partial charge in [0.2, 0.25) is 0 Å². The molecule has 2 bridgehead atoms. The average Bonchev–Trinajstić information content (AvgIpc) is 2.35. The van der Waals surface area contributed by atoms with Crippen LogP contribution >= 0.6 is 0 Å². The Balaban J connectivity index is 2.04. The van der Waals surface area contributed by atoms with Gasteiger partial charge in [-0.25, -0.2) is 0 Å². The van der Waals surface area contributed by atoms with Gasteiger partial charge in [0.25, 0.3) is 0 Å². The van der Waals surface area contributed by atoms with E-state index in [4.69, 9.17) is 10.2 Å². The molecule has 0 radical (unpaired) electrons. The Kier molecular flexibility index (Phi) is 1.46. The quantitative estimate of drug-likeness (QED) is 0.580. The van der Waals surface area contributed by atoms with E-state index in [9.17, 15) is 0 Å². The van der Waals surface area contributed by atoms with E-state index >= 15 is 0 Å². The Labute approximate surface area is 60.9 Å². The first-order chi connectivity index (χ1) is 4.86. The topological polar surface area (TPSA) is 40.5 Å². The third kappa shape index (κ3) is 0.663. The molecular weight excluding hydrogens is 128 g/mol. The molecule has 0 aromatic rings. The molecule has 0 spiro atoms. The second-order valence-electron chi connectivity index (χ2n) is 3.68. The zero-order valence-electron chi connectivity index (χ0n) is 6.03. The minimum absolute atomic E-state index is 0.284. The summed E-state index contributed by atoms with van der Waals surface area (Å²) >= 11 is 0. The predicted octanol–water partition coefficient (Wildman–Crippen LogP) is 0.243. The lowest BCUT2D eigenvalue weighted by molar-refractivity contribution is 0.137. The van der Waals surface area contributed by atoms with Crippen molar-refractivity contribution >= 4 is 0 Å². The van der Waals surface area contributed by atoms with Crippen molar-refractivity contribution in [3.05, 3.63) is 0 Å². The molecule has 2 heteroatoms. The van der Waals surface area contributed by atoms with Crippen LogP contribution in [0, 0.1) is 23.7 Å². The van der Waals surface area contributed by atoms with Gasteiger partial charge in [-0.1, -0.05) is 0 Å². The first-order valence-electron chi connectivity index (χ1n) is 4.08. The van der Waals surface area contributed by atoms with Gasteiger partial charge in [0.05, 0.1) is 0 Å². The van der Waals surface area contributed by atoms with E-state index in [-0.39, 0.29) is 13.2 Å². The molecule has 3 aliphatic rings. The molecule has 0 aromatic heterocycles. The van der Waals surface area contributed by atoms with E-state index < -0.39 is 0 Å². The number of aliphatic hydroxyl groups is 2. The summed E-state index contributed by atoms with van der Waals surface area (Å²) in [5.41, 5.74) is 0. The van der Waals surface area contributed by atoms with Crippen LogP contribution < -0.4 is 0 Å². The standard InChI is InChI=1S/C8H14O2/c9-3-7-5-1-6(2-5)8(7)4-10/h5-10H,1-4H2. The Morgan fingerprint density at radius 1 is 0.900 bits per heavy atom. The molecule has 0 saturated heterocycles. The van der Waals surface area contributed by atoms with Gasteiger partial charge in [-0.15, -0.1) is 0 Å². The number of hydrogen-bond acceptors (Lipinski definition) is 2. The van der Waals surface area contributed by atoms with Gasteiger partial charge in [-0.2, -0.15) is 0 Å². The van der Waals surface area contributed by atoms with E-state index in [0.717, 1.165) is 11.8 Å². The molecule has 2 N–H and O–H groups in total. The summed E-state index contributed by atoms with van der Waals surface area (Å²) in [6.45, 7) is 0.568. The molecule has 0 aliphatic heterocycles. The van der Waals surface area contributed by atoms with Crippen LogP contribution in [0.4, 0.5) is 0 Å². The monoisotopic (exact) mass is 142 g/mol. The molecule has 2 unspecified atom stereocenters. The molecule has 2 nitrogen and oxygen atoms in total. The maximum atomic E-state index is 8.95. The van der Waals surface area contributed by atoms with Crippen molar-refractivity contribution in [2.45, 2.75) is 12.8 Å². The highest BCUT2D eigenvalue weighted by Crippen LogP contribution is 2.55. The van der Waals surface area contributed by atoms with E-state index in [0.29, 0.717) is 11.8 Å². The highest BCUT2D eigenvalue weighted by molar-refractivity contribution is 4.99. The molecule has 0 heterocycles. The van der Waals surface area contributed by atoms with Crippen molar-refractivity contribution in [2.24, 2.45) is 23.7 Å². The summed E-state index contributed by atoms with van der Waals surface area (Å²) in [6, 6.07) is 0. The second-order valence-corrected chi connectivity index (χ2v) is 3.68. The minimum Gasteiger partial charge on any atom is -0.396 e. The van der Waals surface area contributed by atoms with Gasteiger partial charge < -0.3 is 10.2 Å². The summed E-state index contributed by atoms with van der Waals surface area (Å²) in [5, 5.41) is 17.9. The van der Waals surface area contributed by atoms with Gasteiger partial charge in [-0.05, 0) is 36.5 Å². The molecule has 3 rings (SSSR count). The van der Waals surface area contributed by atoms with Crippen LogP contribution in [0.15, 0.2) is 0 Å². The van der Waals surface area contributed by atoms with E-state index in [1.165, 1.54) is 12.8 Å². The summed E-state index contributed by atoms with van der Waals surface area (Å²) in [7, 11) is 0. The van der Waals surface area contributed by atoms with Crippen molar-refractivity contribution in [3.8, 4) is 0 Å². The molecule has 58 valence electrons. The normalized spacial score (nSPS) is 51.0. The summed E-state index contributed by atoms with van der Waals surface area (Å²) < 4.78 is 0. The molecule has 3 saturated carbocycles. The van der Waals surface area contributed by atoms with Crippen LogP contribution in [0.2, 0.25) is 0 Å². The first-order valence-corrected chi connectivity index (χ1v) is 4.08. The van der Waals surface area contributed by atoms with Crippen molar-refractivity contribution in [2.75, 3.05) is 13.2 Å². The fraction of sp³-hybridized carbons (Fsp3) is 1.00. The van der Waals surface area contributed by atoms with Gasteiger partial charge in [0.1, 0.15) is 0 Å². The van der Waals surface area contributed by atoms with Crippen molar-refractivity contribution in [1.82, 2.24) is 0 Å². The van der Waals surface area contributed by atoms with Crippen molar-refractivity contribution < 1.29 is 10.2 Å². The van der Waals surface area contributed by atoms with Gasteiger partial charge >= 0.3 is 0 Å². The SMILES string of the molecule is OCC1C2CC(C2)C1CO.